The Hall–Kier alpha value is -1.10. The predicted octanol–water partition coefficient (Wildman–Crippen LogP) is 2.75. The number of amides is 1. The van der Waals surface area contributed by atoms with Gasteiger partial charge in [0.25, 0.3) is 5.91 Å². The molecule has 0 aliphatic heterocycles. The molecule has 0 spiro atoms. The average molecular weight is 289 g/mol. The molecule has 0 radical (unpaired) electrons. The lowest BCUT2D eigenvalue weighted by atomic mass is 10.1. The van der Waals surface area contributed by atoms with Gasteiger partial charge in [-0.05, 0) is 18.1 Å². The van der Waals surface area contributed by atoms with Gasteiger partial charge in [0.15, 0.2) is 0 Å². The summed E-state index contributed by atoms with van der Waals surface area (Å²) in [4.78, 5) is 11.1. The van der Waals surface area contributed by atoms with Gasteiger partial charge in [-0.25, -0.2) is 4.39 Å². The minimum atomic E-state index is -0.767. The summed E-state index contributed by atoms with van der Waals surface area (Å²) in [5, 5.41) is 3.00. The number of hydrogen-bond acceptors (Lipinski definition) is 2. The maximum absolute atomic E-state index is 13.5. The van der Waals surface area contributed by atoms with Gasteiger partial charge in [0.05, 0.1) is 11.3 Å². The van der Waals surface area contributed by atoms with Gasteiger partial charge < -0.3 is 11.1 Å². The van der Waals surface area contributed by atoms with E-state index in [1.54, 1.807) is 6.07 Å². The number of carbonyl (C=O) groups excluding carboxylic acids is 1. The average Bonchev–Trinajstić information content (AvgIpc) is 2.12. The van der Waals surface area contributed by atoms with E-state index in [9.17, 15) is 9.18 Å². The molecule has 3 N–H and O–H groups in total. The van der Waals surface area contributed by atoms with Gasteiger partial charge in [0, 0.05) is 11.0 Å². The third-order valence-corrected chi connectivity index (χ3v) is 2.46. The molecule has 0 aliphatic rings. The molecule has 0 saturated carbocycles. The van der Waals surface area contributed by atoms with E-state index in [2.05, 4.69) is 21.2 Å². The fraction of sp³-hybridized carbons (Fsp3) is 0.364. The van der Waals surface area contributed by atoms with Crippen molar-refractivity contribution in [2.24, 2.45) is 11.7 Å². The van der Waals surface area contributed by atoms with Crippen LogP contribution in [0.15, 0.2) is 16.6 Å². The molecule has 1 aromatic carbocycles. The van der Waals surface area contributed by atoms with Crippen molar-refractivity contribution in [2.45, 2.75) is 13.8 Å². The second kappa shape index (κ2) is 5.30. The minimum absolute atomic E-state index is 0.0937. The summed E-state index contributed by atoms with van der Waals surface area (Å²) < 4.78 is 14.1. The van der Waals surface area contributed by atoms with Gasteiger partial charge >= 0.3 is 0 Å². The van der Waals surface area contributed by atoms with Crippen molar-refractivity contribution >= 4 is 27.5 Å². The van der Waals surface area contributed by atoms with E-state index in [4.69, 9.17) is 5.73 Å². The van der Waals surface area contributed by atoms with Crippen LogP contribution in [0.2, 0.25) is 0 Å². The third kappa shape index (κ3) is 3.20. The lowest BCUT2D eigenvalue weighted by molar-refractivity contribution is 0.0997. The Morgan fingerprint density at radius 2 is 2.19 bits per heavy atom. The zero-order valence-corrected chi connectivity index (χ0v) is 10.8. The minimum Gasteiger partial charge on any atom is -0.384 e. The molecular weight excluding hydrogens is 275 g/mol. The number of halogens is 2. The number of rotatable bonds is 4. The lowest BCUT2D eigenvalue weighted by Gasteiger charge is -2.13. The van der Waals surface area contributed by atoms with Crippen LogP contribution in [-0.2, 0) is 0 Å². The largest absolute Gasteiger partial charge is 0.384 e. The van der Waals surface area contributed by atoms with Gasteiger partial charge in [0.1, 0.15) is 5.82 Å². The Morgan fingerprint density at radius 3 is 2.69 bits per heavy atom. The third-order valence-electron chi connectivity index (χ3n) is 2.00. The highest BCUT2D eigenvalue weighted by Gasteiger charge is 2.15. The van der Waals surface area contributed by atoms with Crippen LogP contribution < -0.4 is 11.1 Å². The highest BCUT2D eigenvalue weighted by molar-refractivity contribution is 9.10. The molecule has 1 amide bonds. The Morgan fingerprint density at radius 1 is 1.56 bits per heavy atom. The summed E-state index contributed by atoms with van der Waals surface area (Å²) >= 11 is 3.17. The van der Waals surface area contributed by atoms with Crippen molar-refractivity contribution in [3.05, 3.63) is 28.0 Å². The Kier molecular flexibility index (Phi) is 4.29. The molecule has 1 aromatic rings. The Labute approximate surface area is 102 Å². The number of primary amides is 1. The molecule has 0 aliphatic carbocycles. The van der Waals surface area contributed by atoms with Crippen molar-refractivity contribution in [2.75, 3.05) is 11.9 Å². The summed E-state index contributed by atoms with van der Waals surface area (Å²) in [6.45, 7) is 4.69. The first-order chi connectivity index (χ1) is 7.41. The Balaban J connectivity index is 3.09. The van der Waals surface area contributed by atoms with Crippen LogP contribution >= 0.6 is 15.9 Å². The van der Waals surface area contributed by atoms with E-state index in [0.29, 0.717) is 22.6 Å². The van der Waals surface area contributed by atoms with Crippen LogP contribution in [0, 0.1) is 11.7 Å². The molecule has 0 bridgehead atoms. The van der Waals surface area contributed by atoms with E-state index in [0.717, 1.165) is 0 Å². The molecule has 0 heterocycles. The molecule has 88 valence electrons. The second-order valence-corrected chi connectivity index (χ2v) is 4.86. The van der Waals surface area contributed by atoms with Crippen LogP contribution in [0.5, 0.6) is 0 Å². The molecule has 0 fully saturated rings. The number of nitrogens with two attached hydrogens (primary N) is 1. The summed E-state index contributed by atoms with van der Waals surface area (Å²) in [5.41, 5.74) is 5.47. The monoisotopic (exact) mass is 288 g/mol. The first kappa shape index (κ1) is 13.0. The number of nitrogens with one attached hydrogen (secondary N) is 1. The van der Waals surface area contributed by atoms with Crippen molar-refractivity contribution in [1.29, 1.82) is 0 Å². The molecular formula is C11H14BrFN2O. The lowest BCUT2D eigenvalue weighted by Crippen LogP contribution is -2.18. The standard InChI is InChI=1S/C11H14BrFN2O/c1-6(2)5-15-9-4-7(12)3-8(13)10(9)11(14)16/h3-4,6,15H,5H2,1-2H3,(H2,14,16). The maximum Gasteiger partial charge on any atom is 0.253 e. The van der Waals surface area contributed by atoms with Crippen LogP contribution in [0.4, 0.5) is 10.1 Å². The first-order valence-corrected chi connectivity index (χ1v) is 5.73. The number of benzene rings is 1. The van der Waals surface area contributed by atoms with Crippen molar-refractivity contribution in [3.8, 4) is 0 Å². The zero-order chi connectivity index (χ0) is 12.3. The molecule has 0 saturated heterocycles. The fourth-order valence-electron chi connectivity index (χ4n) is 1.28. The first-order valence-electron chi connectivity index (χ1n) is 4.94. The zero-order valence-electron chi connectivity index (χ0n) is 9.18. The van der Waals surface area contributed by atoms with Gasteiger partial charge in [0.2, 0.25) is 0 Å². The van der Waals surface area contributed by atoms with Crippen molar-refractivity contribution < 1.29 is 9.18 Å². The van der Waals surface area contributed by atoms with Gasteiger partial charge in [-0.2, -0.15) is 0 Å². The fourth-order valence-corrected chi connectivity index (χ4v) is 1.71. The van der Waals surface area contributed by atoms with Crippen molar-refractivity contribution in [1.82, 2.24) is 0 Å². The quantitative estimate of drug-likeness (QED) is 0.895. The highest BCUT2D eigenvalue weighted by atomic mass is 79.9. The molecule has 0 unspecified atom stereocenters. The summed E-state index contributed by atoms with van der Waals surface area (Å²) in [5.74, 6) is -0.993. The molecule has 0 aromatic heterocycles. The second-order valence-electron chi connectivity index (χ2n) is 3.95. The summed E-state index contributed by atoms with van der Waals surface area (Å²) in [6.07, 6.45) is 0. The van der Waals surface area contributed by atoms with Crippen molar-refractivity contribution in [3.63, 3.8) is 0 Å². The molecule has 1 rings (SSSR count). The number of anilines is 1. The normalized spacial score (nSPS) is 10.6. The van der Waals surface area contributed by atoms with Crippen LogP contribution in [0.1, 0.15) is 24.2 Å². The maximum atomic E-state index is 13.5. The Bertz CT molecular complexity index is 407. The van der Waals surface area contributed by atoms with Gasteiger partial charge in [-0.3, -0.25) is 4.79 Å². The van der Waals surface area contributed by atoms with E-state index >= 15 is 0 Å². The van der Waals surface area contributed by atoms with Gasteiger partial charge in [-0.15, -0.1) is 0 Å². The molecule has 16 heavy (non-hydrogen) atoms. The number of hydrogen-bond donors (Lipinski definition) is 2. The van der Waals surface area contributed by atoms with Crippen LogP contribution in [-0.4, -0.2) is 12.5 Å². The van der Waals surface area contributed by atoms with E-state index < -0.39 is 11.7 Å². The number of carbonyl (C=O) groups is 1. The SMILES string of the molecule is CC(C)CNc1cc(Br)cc(F)c1C(N)=O. The smallest absolute Gasteiger partial charge is 0.253 e. The summed E-state index contributed by atoms with van der Waals surface area (Å²) in [7, 11) is 0. The highest BCUT2D eigenvalue weighted by Crippen LogP contribution is 2.24. The predicted molar refractivity (Wildman–Crippen MR) is 65.9 cm³/mol. The molecule has 3 nitrogen and oxygen atoms in total. The molecule has 0 atom stereocenters. The van der Waals surface area contributed by atoms with Crippen LogP contribution in [0.25, 0.3) is 0 Å². The van der Waals surface area contributed by atoms with Crippen LogP contribution in [0.3, 0.4) is 0 Å². The van der Waals surface area contributed by atoms with E-state index in [1.807, 2.05) is 13.8 Å². The topological polar surface area (TPSA) is 55.1 Å². The van der Waals surface area contributed by atoms with E-state index in [1.165, 1.54) is 6.07 Å². The molecule has 5 heteroatoms. The van der Waals surface area contributed by atoms with Gasteiger partial charge in [-0.1, -0.05) is 29.8 Å². The van der Waals surface area contributed by atoms with E-state index in [-0.39, 0.29) is 5.56 Å². The summed E-state index contributed by atoms with van der Waals surface area (Å²) in [6, 6.07) is 2.87.